The summed E-state index contributed by atoms with van der Waals surface area (Å²) in [4.78, 5) is 21.1. The molecule has 1 aromatic heterocycles. The van der Waals surface area contributed by atoms with Gasteiger partial charge in [0.25, 0.3) is 0 Å². The Hall–Kier alpha value is -1.82. The van der Waals surface area contributed by atoms with Crippen molar-refractivity contribution < 1.29 is 9.53 Å². The van der Waals surface area contributed by atoms with Crippen molar-refractivity contribution in [1.29, 1.82) is 0 Å². The van der Waals surface area contributed by atoms with Crippen LogP contribution in [0.4, 0.5) is 10.6 Å². The molecule has 24 heavy (non-hydrogen) atoms. The SMILES string of the molecule is COC(C)(C)C[C@H](C)NC(=O)N1CCCN(c2ccccn2)CC1. The molecule has 2 rings (SSSR count). The van der Waals surface area contributed by atoms with Crippen molar-refractivity contribution in [3.05, 3.63) is 24.4 Å². The maximum absolute atomic E-state index is 12.5. The van der Waals surface area contributed by atoms with Crippen molar-refractivity contribution in [1.82, 2.24) is 15.2 Å². The first kappa shape index (κ1) is 18.5. The number of nitrogens with one attached hydrogen (secondary N) is 1. The molecule has 2 heterocycles. The lowest BCUT2D eigenvalue weighted by atomic mass is 10.00. The Bertz CT molecular complexity index is 521. The number of anilines is 1. The highest BCUT2D eigenvalue weighted by atomic mass is 16.5. The molecular formula is C18H30N4O2. The van der Waals surface area contributed by atoms with Crippen LogP contribution in [0.25, 0.3) is 0 Å². The fourth-order valence-corrected chi connectivity index (χ4v) is 3.06. The van der Waals surface area contributed by atoms with E-state index < -0.39 is 0 Å². The summed E-state index contributed by atoms with van der Waals surface area (Å²) in [6, 6.07) is 6.02. The van der Waals surface area contributed by atoms with Crippen LogP contribution in [0.1, 0.15) is 33.6 Å². The van der Waals surface area contributed by atoms with Crippen LogP contribution in [0.3, 0.4) is 0 Å². The van der Waals surface area contributed by atoms with Gasteiger partial charge >= 0.3 is 6.03 Å². The third-order valence-corrected chi connectivity index (χ3v) is 4.48. The number of nitrogens with zero attached hydrogens (tertiary/aromatic N) is 3. The standard InChI is InChI=1S/C18H30N4O2/c1-15(14-18(2,3)24-4)20-17(23)22-11-7-10-21(12-13-22)16-8-5-6-9-19-16/h5-6,8-9,15H,7,10-14H2,1-4H3,(H,20,23)/t15-/m0/s1. The van der Waals surface area contributed by atoms with Crippen molar-refractivity contribution in [3.8, 4) is 0 Å². The number of carbonyl (C=O) groups is 1. The van der Waals surface area contributed by atoms with Gasteiger partial charge in [0.1, 0.15) is 5.82 Å². The number of hydrogen-bond acceptors (Lipinski definition) is 4. The minimum atomic E-state index is -0.235. The minimum Gasteiger partial charge on any atom is -0.379 e. The molecule has 1 fully saturated rings. The second-order valence-corrected chi connectivity index (χ2v) is 7.03. The third kappa shape index (κ3) is 5.37. The summed E-state index contributed by atoms with van der Waals surface area (Å²) in [5.74, 6) is 0.981. The summed E-state index contributed by atoms with van der Waals surface area (Å²) in [6.07, 6.45) is 3.54. The van der Waals surface area contributed by atoms with E-state index in [0.717, 1.165) is 38.3 Å². The topological polar surface area (TPSA) is 57.7 Å². The van der Waals surface area contributed by atoms with Crippen molar-refractivity contribution in [2.24, 2.45) is 0 Å². The number of hydrogen-bond donors (Lipinski definition) is 1. The van der Waals surface area contributed by atoms with E-state index in [9.17, 15) is 4.79 Å². The Morgan fingerprint density at radius 1 is 1.33 bits per heavy atom. The molecule has 1 N–H and O–H groups in total. The van der Waals surface area contributed by atoms with Crippen LogP contribution < -0.4 is 10.2 Å². The summed E-state index contributed by atoms with van der Waals surface area (Å²) in [5.41, 5.74) is -0.235. The molecule has 6 nitrogen and oxygen atoms in total. The molecule has 1 atom stereocenters. The normalized spacial score (nSPS) is 17.3. The predicted octanol–water partition coefficient (Wildman–Crippen LogP) is 2.51. The summed E-state index contributed by atoms with van der Waals surface area (Å²) < 4.78 is 5.44. The first-order chi connectivity index (χ1) is 11.4. The van der Waals surface area contributed by atoms with Gasteiger partial charge in [-0.3, -0.25) is 0 Å². The van der Waals surface area contributed by atoms with Crippen LogP contribution in [0, 0.1) is 0 Å². The molecule has 0 aliphatic carbocycles. The molecule has 134 valence electrons. The number of ether oxygens (including phenoxy) is 1. The zero-order valence-electron chi connectivity index (χ0n) is 15.3. The average molecular weight is 334 g/mol. The van der Waals surface area contributed by atoms with E-state index in [-0.39, 0.29) is 17.7 Å². The lowest BCUT2D eigenvalue weighted by Crippen LogP contribution is -2.47. The highest BCUT2D eigenvalue weighted by Gasteiger charge is 2.24. The van der Waals surface area contributed by atoms with Crippen LogP contribution in [0.15, 0.2) is 24.4 Å². The van der Waals surface area contributed by atoms with E-state index in [1.165, 1.54) is 0 Å². The fourth-order valence-electron chi connectivity index (χ4n) is 3.06. The largest absolute Gasteiger partial charge is 0.379 e. The Kier molecular flexibility index (Phi) is 6.43. The van der Waals surface area contributed by atoms with Crippen LogP contribution in [0.5, 0.6) is 0 Å². The number of carbonyl (C=O) groups excluding carboxylic acids is 1. The average Bonchev–Trinajstić information content (AvgIpc) is 2.81. The van der Waals surface area contributed by atoms with Crippen LogP contribution in [-0.4, -0.2) is 60.8 Å². The lowest BCUT2D eigenvalue weighted by Gasteiger charge is -2.29. The number of pyridine rings is 1. The highest BCUT2D eigenvalue weighted by Crippen LogP contribution is 2.16. The second kappa shape index (κ2) is 8.33. The molecule has 0 bridgehead atoms. The quantitative estimate of drug-likeness (QED) is 0.899. The molecule has 1 saturated heterocycles. The van der Waals surface area contributed by atoms with Gasteiger partial charge in [0, 0.05) is 45.5 Å². The summed E-state index contributed by atoms with van der Waals surface area (Å²) >= 11 is 0. The van der Waals surface area contributed by atoms with Crippen LogP contribution in [0.2, 0.25) is 0 Å². The number of urea groups is 1. The van der Waals surface area contributed by atoms with Crippen molar-refractivity contribution in [2.75, 3.05) is 38.2 Å². The predicted molar refractivity (Wildman–Crippen MR) is 96.3 cm³/mol. The van der Waals surface area contributed by atoms with E-state index in [1.807, 2.05) is 50.1 Å². The maximum Gasteiger partial charge on any atom is 0.317 e. The van der Waals surface area contributed by atoms with Crippen molar-refractivity contribution >= 4 is 11.8 Å². The van der Waals surface area contributed by atoms with Crippen LogP contribution >= 0.6 is 0 Å². The Morgan fingerprint density at radius 3 is 2.79 bits per heavy atom. The molecule has 1 aliphatic rings. The van der Waals surface area contributed by atoms with Gasteiger partial charge in [-0.05, 0) is 45.7 Å². The number of amides is 2. The maximum atomic E-state index is 12.5. The van der Waals surface area contributed by atoms with Crippen molar-refractivity contribution in [3.63, 3.8) is 0 Å². The van der Waals surface area contributed by atoms with Gasteiger partial charge < -0.3 is 19.9 Å². The highest BCUT2D eigenvalue weighted by molar-refractivity contribution is 5.74. The van der Waals surface area contributed by atoms with Gasteiger partial charge in [-0.25, -0.2) is 9.78 Å². The number of methoxy groups -OCH3 is 1. The van der Waals surface area contributed by atoms with E-state index in [1.54, 1.807) is 7.11 Å². The van der Waals surface area contributed by atoms with Gasteiger partial charge in [0.15, 0.2) is 0 Å². The smallest absolute Gasteiger partial charge is 0.317 e. The zero-order chi connectivity index (χ0) is 17.6. The molecule has 0 radical (unpaired) electrons. The molecule has 2 amide bonds. The van der Waals surface area contributed by atoms with Crippen molar-refractivity contribution in [2.45, 2.75) is 45.3 Å². The van der Waals surface area contributed by atoms with E-state index >= 15 is 0 Å². The summed E-state index contributed by atoms with van der Waals surface area (Å²) in [6.45, 7) is 9.31. The molecule has 0 aromatic carbocycles. The second-order valence-electron chi connectivity index (χ2n) is 7.03. The minimum absolute atomic E-state index is 0.0114. The van der Waals surface area contributed by atoms with E-state index in [4.69, 9.17) is 4.74 Å². The summed E-state index contributed by atoms with van der Waals surface area (Å²) in [5, 5.41) is 3.10. The van der Waals surface area contributed by atoms with E-state index in [2.05, 4.69) is 15.2 Å². The molecule has 1 aliphatic heterocycles. The molecule has 0 spiro atoms. The van der Waals surface area contributed by atoms with E-state index in [0.29, 0.717) is 6.54 Å². The molecular weight excluding hydrogens is 304 g/mol. The molecule has 0 saturated carbocycles. The van der Waals surface area contributed by atoms with Gasteiger partial charge in [-0.2, -0.15) is 0 Å². The zero-order valence-corrected chi connectivity index (χ0v) is 15.3. The Morgan fingerprint density at radius 2 is 2.12 bits per heavy atom. The monoisotopic (exact) mass is 334 g/mol. The molecule has 1 aromatic rings. The first-order valence-corrected chi connectivity index (χ1v) is 8.68. The third-order valence-electron chi connectivity index (χ3n) is 4.48. The van der Waals surface area contributed by atoms with Gasteiger partial charge in [-0.15, -0.1) is 0 Å². The number of rotatable bonds is 5. The van der Waals surface area contributed by atoms with Gasteiger partial charge in [-0.1, -0.05) is 6.07 Å². The molecule has 6 heteroatoms. The van der Waals surface area contributed by atoms with Gasteiger partial charge in [0.05, 0.1) is 5.60 Å². The number of aromatic nitrogens is 1. The fraction of sp³-hybridized carbons (Fsp3) is 0.667. The lowest BCUT2D eigenvalue weighted by molar-refractivity contribution is 0.00916. The van der Waals surface area contributed by atoms with Gasteiger partial charge in [0.2, 0.25) is 0 Å². The van der Waals surface area contributed by atoms with Crippen LogP contribution in [-0.2, 0) is 4.74 Å². The molecule has 0 unspecified atom stereocenters. The Labute approximate surface area is 145 Å². The summed E-state index contributed by atoms with van der Waals surface area (Å²) in [7, 11) is 1.70. The Balaban J connectivity index is 1.85. The first-order valence-electron chi connectivity index (χ1n) is 8.68.